The first-order chi connectivity index (χ1) is 14.2. The Kier molecular flexibility index (Phi) is 6.04. The number of benzene rings is 1. The number of alkyl halides is 3. The van der Waals surface area contributed by atoms with E-state index in [4.69, 9.17) is 4.74 Å². The molecule has 3 rings (SSSR count). The SMILES string of the molecule is CCOC(=O)c1nn(CC2(c3cccc(C(F)(F)F)c3)CCCC2)cc(N=O)c1=O. The van der Waals surface area contributed by atoms with Gasteiger partial charge in [0.2, 0.25) is 11.1 Å². The van der Waals surface area contributed by atoms with E-state index >= 15 is 0 Å². The van der Waals surface area contributed by atoms with E-state index in [0.29, 0.717) is 18.4 Å². The van der Waals surface area contributed by atoms with Crippen molar-refractivity contribution in [3.63, 3.8) is 0 Å². The van der Waals surface area contributed by atoms with E-state index in [0.717, 1.165) is 31.2 Å². The Labute approximate surface area is 169 Å². The van der Waals surface area contributed by atoms with Crippen molar-refractivity contribution in [2.24, 2.45) is 5.18 Å². The van der Waals surface area contributed by atoms with Crippen molar-refractivity contribution < 1.29 is 22.7 Å². The summed E-state index contributed by atoms with van der Waals surface area (Å²) >= 11 is 0. The molecule has 0 aliphatic heterocycles. The predicted molar refractivity (Wildman–Crippen MR) is 101 cm³/mol. The number of nitroso groups, excluding NO2 is 1. The number of carbonyl (C=O) groups excluding carboxylic acids is 1. The van der Waals surface area contributed by atoms with Crippen molar-refractivity contribution in [3.05, 3.63) is 62.4 Å². The van der Waals surface area contributed by atoms with Crippen molar-refractivity contribution in [1.29, 1.82) is 0 Å². The maximum atomic E-state index is 13.2. The van der Waals surface area contributed by atoms with Gasteiger partial charge in [-0.2, -0.15) is 18.3 Å². The molecular weight excluding hydrogens is 403 g/mol. The van der Waals surface area contributed by atoms with Crippen molar-refractivity contribution in [1.82, 2.24) is 9.78 Å². The van der Waals surface area contributed by atoms with Crippen LogP contribution in [0.25, 0.3) is 0 Å². The highest BCUT2D eigenvalue weighted by molar-refractivity contribution is 5.87. The molecule has 0 atom stereocenters. The number of nitrogens with zero attached hydrogens (tertiary/aromatic N) is 3. The maximum absolute atomic E-state index is 13.2. The molecule has 30 heavy (non-hydrogen) atoms. The largest absolute Gasteiger partial charge is 0.461 e. The van der Waals surface area contributed by atoms with Crippen LogP contribution < -0.4 is 5.43 Å². The second kappa shape index (κ2) is 8.37. The van der Waals surface area contributed by atoms with Crippen LogP contribution in [0.5, 0.6) is 0 Å². The predicted octanol–water partition coefficient (Wildman–Crippen LogP) is 4.35. The van der Waals surface area contributed by atoms with Crippen molar-refractivity contribution in [2.75, 3.05) is 6.61 Å². The Morgan fingerprint density at radius 2 is 2.00 bits per heavy atom. The first-order valence-corrected chi connectivity index (χ1v) is 9.50. The van der Waals surface area contributed by atoms with E-state index < -0.39 is 39.9 Å². The molecule has 2 aromatic rings. The van der Waals surface area contributed by atoms with E-state index in [-0.39, 0.29) is 13.2 Å². The summed E-state index contributed by atoms with van der Waals surface area (Å²) in [6, 6.07) is 5.13. The van der Waals surface area contributed by atoms with Crippen LogP contribution in [0.1, 0.15) is 54.2 Å². The summed E-state index contributed by atoms with van der Waals surface area (Å²) in [4.78, 5) is 35.4. The van der Waals surface area contributed by atoms with Gasteiger partial charge in [-0.15, -0.1) is 4.91 Å². The van der Waals surface area contributed by atoms with Gasteiger partial charge in [0.15, 0.2) is 5.69 Å². The highest BCUT2D eigenvalue weighted by Crippen LogP contribution is 2.44. The van der Waals surface area contributed by atoms with E-state index in [1.807, 2.05) is 0 Å². The van der Waals surface area contributed by atoms with Crippen LogP contribution in [0.3, 0.4) is 0 Å². The summed E-state index contributed by atoms with van der Waals surface area (Å²) in [6.07, 6.45) is -0.551. The lowest BCUT2D eigenvalue weighted by Gasteiger charge is -2.31. The molecule has 0 N–H and O–H groups in total. The molecule has 1 heterocycles. The first kappa shape index (κ1) is 21.7. The smallest absolute Gasteiger partial charge is 0.416 e. The van der Waals surface area contributed by atoms with Gasteiger partial charge in [-0.05, 0) is 36.6 Å². The lowest BCUT2D eigenvalue weighted by atomic mass is 9.78. The molecule has 1 fully saturated rings. The zero-order chi connectivity index (χ0) is 21.9. The molecule has 0 bridgehead atoms. The van der Waals surface area contributed by atoms with E-state index in [2.05, 4.69) is 10.3 Å². The van der Waals surface area contributed by atoms with Gasteiger partial charge in [-0.3, -0.25) is 9.48 Å². The maximum Gasteiger partial charge on any atom is 0.416 e. The minimum absolute atomic E-state index is 0.00682. The second-order valence-electron chi connectivity index (χ2n) is 7.27. The quantitative estimate of drug-likeness (QED) is 0.509. The van der Waals surface area contributed by atoms with Gasteiger partial charge in [0.25, 0.3) is 0 Å². The summed E-state index contributed by atoms with van der Waals surface area (Å²) in [5, 5.41) is 6.68. The fourth-order valence-corrected chi connectivity index (χ4v) is 3.93. The molecular formula is C20H20F3N3O4. The molecule has 1 saturated carbocycles. The minimum Gasteiger partial charge on any atom is -0.461 e. The number of ether oxygens (including phenoxy) is 1. The van der Waals surface area contributed by atoms with Gasteiger partial charge in [-0.25, -0.2) is 4.79 Å². The normalized spacial score (nSPS) is 15.7. The van der Waals surface area contributed by atoms with Gasteiger partial charge in [0.05, 0.1) is 24.9 Å². The van der Waals surface area contributed by atoms with Crippen LogP contribution in [-0.2, 0) is 22.9 Å². The number of hydrogen-bond acceptors (Lipinski definition) is 6. The van der Waals surface area contributed by atoms with Gasteiger partial charge >= 0.3 is 12.1 Å². The standard InChI is InChI=1S/C20H20F3N3O4/c1-2-30-18(28)16-17(27)15(25-29)11-26(24-16)12-19(8-3-4-9-19)13-6-5-7-14(10-13)20(21,22)23/h5-7,10-11H,2-4,8-9,12H2,1H3. The van der Waals surface area contributed by atoms with Gasteiger partial charge < -0.3 is 4.74 Å². The molecule has 0 unspecified atom stereocenters. The number of halogens is 3. The van der Waals surface area contributed by atoms with Crippen LogP contribution in [-0.4, -0.2) is 22.4 Å². The Morgan fingerprint density at radius 3 is 2.60 bits per heavy atom. The molecule has 1 aromatic heterocycles. The van der Waals surface area contributed by atoms with E-state index in [1.165, 1.54) is 10.7 Å². The van der Waals surface area contributed by atoms with Gasteiger partial charge in [0, 0.05) is 5.41 Å². The Morgan fingerprint density at radius 1 is 1.30 bits per heavy atom. The number of rotatable bonds is 6. The fourth-order valence-electron chi connectivity index (χ4n) is 3.93. The average Bonchev–Trinajstić information content (AvgIpc) is 3.18. The monoisotopic (exact) mass is 423 g/mol. The number of esters is 1. The molecule has 0 saturated heterocycles. The summed E-state index contributed by atoms with van der Waals surface area (Å²) in [6.45, 7) is 1.65. The number of hydrogen-bond donors (Lipinski definition) is 0. The molecule has 160 valence electrons. The van der Waals surface area contributed by atoms with Crippen LogP contribution in [0, 0.1) is 4.91 Å². The molecule has 1 aliphatic rings. The van der Waals surface area contributed by atoms with Crippen LogP contribution in [0.4, 0.5) is 18.9 Å². The zero-order valence-corrected chi connectivity index (χ0v) is 16.2. The Bertz CT molecular complexity index is 1010. The van der Waals surface area contributed by atoms with Crippen molar-refractivity contribution >= 4 is 11.7 Å². The van der Waals surface area contributed by atoms with Crippen LogP contribution in [0.2, 0.25) is 0 Å². The third kappa shape index (κ3) is 4.27. The van der Waals surface area contributed by atoms with Crippen molar-refractivity contribution in [2.45, 2.75) is 50.7 Å². The summed E-state index contributed by atoms with van der Waals surface area (Å²) in [5.41, 5.74) is -2.97. The lowest BCUT2D eigenvalue weighted by molar-refractivity contribution is -0.137. The molecule has 0 radical (unpaired) electrons. The molecule has 1 aliphatic carbocycles. The van der Waals surface area contributed by atoms with Crippen molar-refractivity contribution in [3.8, 4) is 0 Å². The summed E-state index contributed by atoms with van der Waals surface area (Å²) in [7, 11) is 0. The topological polar surface area (TPSA) is 90.6 Å². The highest BCUT2D eigenvalue weighted by atomic mass is 19.4. The molecule has 0 spiro atoms. The fraction of sp³-hybridized carbons (Fsp3) is 0.450. The Balaban J connectivity index is 2.06. The molecule has 0 amide bonds. The minimum atomic E-state index is -4.48. The van der Waals surface area contributed by atoms with Gasteiger partial charge in [-0.1, -0.05) is 31.0 Å². The average molecular weight is 423 g/mol. The summed E-state index contributed by atoms with van der Waals surface area (Å²) in [5.74, 6) is -0.985. The van der Waals surface area contributed by atoms with E-state index in [9.17, 15) is 27.7 Å². The number of aromatic nitrogens is 2. The lowest BCUT2D eigenvalue weighted by Crippen LogP contribution is -2.32. The zero-order valence-electron chi connectivity index (χ0n) is 16.2. The number of carbonyl (C=O) groups is 1. The highest BCUT2D eigenvalue weighted by Gasteiger charge is 2.39. The molecule has 1 aromatic carbocycles. The Hall–Kier alpha value is -3.04. The third-order valence-corrected chi connectivity index (χ3v) is 5.34. The third-order valence-electron chi connectivity index (χ3n) is 5.34. The molecule has 7 nitrogen and oxygen atoms in total. The molecule has 10 heteroatoms. The first-order valence-electron chi connectivity index (χ1n) is 9.50. The van der Waals surface area contributed by atoms with E-state index in [1.54, 1.807) is 13.0 Å². The van der Waals surface area contributed by atoms with Crippen LogP contribution in [0.15, 0.2) is 40.4 Å². The van der Waals surface area contributed by atoms with Crippen LogP contribution >= 0.6 is 0 Å². The van der Waals surface area contributed by atoms with Gasteiger partial charge in [0.1, 0.15) is 0 Å². The second-order valence-corrected chi connectivity index (χ2v) is 7.27. The summed E-state index contributed by atoms with van der Waals surface area (Å²) < 4.78 is 45.7.